The van der Waals surface area contributed by atoms with Gasteiger partial charge in [0.05, 0.1) is 12.1 Å². The van der Waals surface area contributed by atoms with Crippen molar-refractivity contribution in [1.29, 1.82) is 0 Å². The van der Waals surface area contributed by atoms with Gasteiger partial charge < -0.3 is 9.84 Å². The van der Waals surface area contributed by atoms with Gasteiger partial charge in [-0.3, -0.25) is 4.79 Å². The predicted octanol–water partition coefficient (Wildman–Crippen LogP) is 2.32. The molecule has 0 bridgehead atoms. The average Bonchev–Trinajstić information content (AvgIpc) is 2.84. The first-order valence-electron chi connectivity index (χ1n) is 5.55. The summed E-state index contributed by atoms with van der Waals surface area (Å²) in [5.74, 6) is 0.873. The predicted molar refractivity (Wildman–Crippen MR) is 69.0 cm³/mol. The molecule has 0 aliphatic rings. The molecular formula is C12H12BrN3O2. The maximum Gasteiger partial charge on any atom is 0.252 e. The van der Waals surface area contributed by atoms with E-state index in [1.54, 1.807) is 6.07 Å². The second kappa shape index (κ2) is 5.77. The van der Waals surface area contributed by atoms with E-state index in [2.05, 4.69) is 31.4 Å². The summed E-state index contributed by atoms with van der Waals surface area (Å²) in [5, 5.41) is 6.50. The largest absolute Gasteiger partial charge is 0.345 e. The van der Waals surface area contributed by atoms with E-state index in [0.29, 0.717) is 23.7 Å². The Labute approximate surface area is 113 Å². The van der Waals surface area contributed by atoms with Gasteiger partial charge in [-0.25, -0.2) is 0 Å². The maximum atomic E-state index is 11.9. The summed E-state index contributed by atoms with van der Waals surface area (Å²) >= 11 is 3.33. The zero-order valence-electron chi connectivity index (χ0n) is 9.81. The average molecular weight is 310 g/mol. The molecule has 1 aromatic carbocycles. The minimum absolute atomic E-state index is 0.176. The van der Waals surface area contributed by atoms with Gasteiger partial charge in [0.25, 0.3) is 5.91 Å². The minimum Gasteiger partial charge on any atom is -0.345 e. The number of hydrogen-bond acceptors (Lipinski definition) is 4. The van der Waals surface area contributed by atoms with Crippen molar-refractivity contribution in [2.75, 3.05) is 0 Å². The molecule has 0 saturated carbocycles. The smallest absolute Gasteiger partial charge is 0.252 e. The first-order chi connectivity index (χ1) is 8.70. The lowest BCUT2D eigenvalue weighted by Gasteiger charge is -2.04. The highest BCUT2D eigenvalue weighted by Gasteiger charge is 2.10. The fourth-order valence-electron chi connectivity index (χ4n) is 1.41. The van der Waals surface area contributed by atoms with Crippen molar-refractivity contribution in [3.63, 3.8) is 0 Å². The van der Waals surface area contributed by atoms with E-state index in [9.17, 15) is 4.79 Å². The first-order valence-corrected chi connectivity index (χ1v) is 6.34. The molecule has 0 aliphatic carbocycles. The Kier molecular flexibility index (Phi) is 4.09. The van der Waals surface area contributed by atoms with Gasteiger partial charge in [-0.1, -0.05) is 24.2 Å². The molecule has 0 atom stereocenters. The number of carbonyl (C=O) groups is 1. The molecule has 18 heavy (non-hydrogen) atoms. The van der Waals surface area contributed by atoms with E-state index in [4.69, 9.17) is 4.52 Å². The lowest BCUT2D eigenvalue weighted by Crippen LogP contribution is -2.23. The molecule has 6 heteroatoms. The van der Waals surface area contributed by atoms with Crippen molar-refractivity contribution in [1.82, 2.24) is 15.5 Å². The highest BCUT2D eigenvalue weighted by molar-refractivity contribution is 9.10. The Hall–Kier alpha value is -1.69. The molecule has 0 aliphatic heterocycles. The molecule has 1 N–H and O–H groups in total. The van der Waals surface area contributed by atoms with Crippen LogP contribution in [0.25, 0.3) is 0 Å². The summed E-state index contributed by atoms with van der Waals surface area (Å²) in [4.78, 5) is 16.0. The normalized spacial score (nSPS) is 10.3. The lowest BCUT2D eigenvalue weighted by atomic mass is 10.2. The van der Waals surface area contributed by atoms with Gasteiger partial charge >= 0.3 is 0 Å². The second-order valence-electron chi connectivity index (χ2n) is 3.62. The Morgan fingerprint density at radius 3 is 2.89 bits per heavy atom. The molecule has 0 radical (unpaired) electrons. The number of nitrogens with zero attached hydrogens (tertiary/aromatic N) is 2. The highest BCUT2D eigenvalue weighted by Crippen LogP contribution is 2.15. The molecule has 2 aromatic rings. The van der Waals surface area contributed by atoms with Crippen LogP contribution in [0.3, 0.4) is 0 Å². The van der Waals surface area contributed by atoms with Crippen LogP contribution >= 0.6 is 15.9 Å². The van der Waals surface area contributed by atoms with E-state index in [1.165, 1.54) is 0 Å². The Morgan fingerprint density at radius 1 is 1.44 bits per heavy atom. The minimum atomic E-state index is -0.176. The van der Waals surface area contributed by atoms with Gasteiger partial charge in [-0.2, -0.15) is 4.98 Å². The van der Waals surface area contributed by atoms with Crippen LogP contribution in [0.2, 0.25) is 0 Å². The molecule has 0 fully saturated rings. The lowest BCUT2D eigenvalue weighted by molar-refractivity contribution is 0.0949. The van der Waals surface area contributed by atoms with Crippen LogP contribution in [0.5, 0.6) is 0 Å². The zero-order chi connectivity index (χ0) is 13.0. The summed E-state index contributed by atoms with van der Waals surface area (Å²) in [6.07, 6.45) is 0.686. The van der Waals surface area contributed by atoms with E-state index in [1.807, 2.05) is 25.1 Å². The standard InChI is InChI=1S/C12H12BrN3O2/c1-2-11-15-10(16-18-11)7-14-12(17)8-5-3-4-6-9(8)13/h3-6H,2,7H2,1H3,(H,14,17). The number of aryl methyl sites for hydroxylation is 1. The molecule has 0 unspecified atom stereocenters. The van der Waals surface area contributed by atoms with Crippen LogP contribution in [-0.2, 0) is 13.0 Å². The Morgan fingerprint density at radius 2 is 2.22 bits per heavy atom. The fourth-order valence-corrected chi connectivity index (χ4v) is 1.87. The number of nitrogens with one attached hydrogen (secondary N) is 1. The topological polar surface area (TPSA) is 68.0 Å². The number of aromatic nitrogens is 2. The first kappa shape index (κ1) is 12.8. The van der Waals surface area contributed by atoms with Gasteiger partial charge in [-0.15, -0.1) is 0 Å². The van der Waals surface area contributed by atoms with Crippen molar-refractivity contribution in [2.45, 2.75) is 19.9 Å². The summed E-state index contributed by atoms with van der Waals surface area (Å²) in [6.45, 7) is 2.18. The van der Waals surface area contributed by atoms with Crippen LogP contribution < -0.4 is 5.32 Å². The van der Waals surface area contributed by atoms with Gasteiger partial charge in [-0.05, 0) is 28.1 Å². The molecule has 1 heterocycles. The SMILES string of the molecule is CCc1nc(CNC(=O)c2ccccc2Br)no1. The molecule has 5 nitrogen and oxygen atoms in total. The number of amides is 1. The Balaban J connectivity index is 1.98. The van der Waals surface area contributed by atoms with Crippen LogP contribution in [0.1, 0.15) is 29.0 Å². The van der Waals surface area contributed by atoms with Crippen LogP contribution in [0.4, 0.5) is 0 Å². The van der Waals surface area contributed by atoms with Crippen LogP contribution in [0, 0.1) is 0 Å². The summed E-state index contributed by atoms with van der Waals surface area (Å²) in [7, 11) is 0. The Bertz CT molecular complexity index is 554. The van der Waals surface area contributed by atoms with E-state index < -0.39 is 0 Å². The van der Waals surface area contributed by atoms with Crippen molar-refractivity contribution in [3.8, 4) is 0 Å². The zero-order valence-corrected chi connectivity index (χ0v) is 11.4. The summed E-state index contributed by atoms with van der Waals surface area (Å²) in [5.41, 5.74) is 0.580. The van der Waals surface area contributed by atoms with Crippen LogP contribution in [-0.4, -0.2) is 16.0 Å². The van der Waals surface area contributed by atoms with Crippen molar-refractivity contribution in [3.05, 3.63) is 46.0 Å². The third-order valence-corrected chi connectivity index (χ3v) is 3.03. The number of halogens is 1. The maximum absolute atomic E-state index is 11.9. The molecular weight excluding hydrogens is 298 g/mol. The summed E-state index contributed by atoms with van der Waals surface area (Å²) < 4.78 is 5.71. The van der Waals surface area contributed by atoms with Crippen molar-refractivity contribution < 1.29 is 9.32 Å². The third-order valence-electron chi connectivity index (χ3n) is 2.34. The number of benzene rings is 1. The molecule has 2 rings (SSSR count). The second-order valence-corrected chi connectivity index (χ2v) is 4.47. The highest BCUT2D eigenvalue weighted by atomic mass is 79.9. The van der Waals surface area contributed by atoms with Crippen LogP contribution in [0.15, 0.2) is 33.3 Å². The van der Waals surface area contributed by atoms with E-state index in [0.717, 1.165) is 4.47 Å². The number of carbonyl (C=O) groups excluding carboxylic acids is 1. The molecule has 94 valence electrons. The number of hydrogen-bond donors (Lipinski definition) is 1. The van der Waals surface area contributed by atoms with Gasteiger partial charge in [0, 0.05) is 10.9 Å². The van der Waals surface area contributed by atoms with Gasteiger partial charge in [0.1, 0.15) is 0 Å². The summed E-state index contributed by atoms with van der Waals surface area (Å²) in [6, 6.07) is 7.22. The van der Waals surface area contributed by atoms with Gasteiger partial charge in [0.2, 0.25) is 5.89 Å². The number of rotatable bonds is 4. The fraction of sp³-hybridized carbons (Fsp3) is 0.250. The van der Waals surface area contributed by atoms with Gasteiger partial charge in [0.15, 0.2) is 5.82 Å². The molecule has 1 aromatic heterocycles. The van der Waals surface area contributed by atoms with Crippen molar-refractivity contribution >= 4 is 21.8 Å². The molecule has 0 saturated heterocycles. The van der Waals surface area contributed by atoms with E-state index in [-0.39, 0.29) is 12.5 Å². The molecule has 1 amide bonds. The molecule has 0 spiro atoms. The monoisotopic (exact) mass is 309 g/mol. The third kappa shape index (κ3) is 2.95. The van der Waals surface area contributed by atoms with E-state index >= 15 is 0 Å². The van der Waals surface area contributed by atoms with Crippen molar-refractivity contribution in [2.24, 2.45) is 0 Å². The quantitative estimate of drug-likeness (QED) is 0.941.